The summed E-state index contributed by atoms with van der Waals surface area (Å²) in [5.41, 5.74) is 2.90. The van der Waals surface area contributed by atoms with E-state index in [-0.39, 0.29) is 54.4 Å². The molecule has 218 valence electrons. The van der Waals surface area contributed by atoms with Gasteiger partial charge in [-0.25, -0.2) is 9.78 Å². The summed E-state index contributed by atoms with van der Waals surface area (Å²) in [6.07, 6.45) is 12.1. The zero-order chi connectivity index (χ0) is 28.2. The monoisotopic (exact) mass is 665 g/mol. The second-order valence-electron chi connectivity index (χ2n) is 11.5. The molecule has 0 unspecified atom stereocenters. The number of hydrogen-bond donors (Lipinski definition) is 0. The fourth-order valence-corrected chi connectivity index (χ4v) is 6.58. The molecule has 3 fully saturated rings. The van der Waals surface area contributed by atoms with Crippen molar-refractivity contribution in [2.75, 3.05) is 6.61 Å². The van der Waals surface area contributed by atoms with Crippen LogP contribution in [0.2, 0.25) is 0 Å². The number of oxazole rings is 1. The fraction of sp³-hybridized carbons (Fsp3) is 0.613. The van der Waals surface area contributed by atoms with Crippen molar-refractivity contribution in [3.8, 4) is 0 Å². The molecule has 5 heterocycles. The molecule has 0 N–H and O–H groups in total. The predicted molar refractivity (Wildman–Crippen MR) is 158 cm³/mol. The van der Waals surface area contributed by atoms with Crippen LogP contribution in [-0.4, -0.2) is 54.2 Å². The molecule has 5 rings (SSSR count). The first kappa shape index (κ1) is 29.7. The van der Waals surface area contributed by atoms with E-state index in [0.717, 1.165) is 36.8 Å². The van der Waals surface area contributed by atoms with Gasteiger partial charge in [0.05, 0.1) is 37.1 Å². The van der Waals surface area contributed by atoms with E-state index in [1.54, 1.807) is 12.3 Å². The van der Waals surface area contributed by atoms with Crippen LogP contribution in [0, 0.1) is 11.8 Å². The number of hydrogen-bond acceptors (Lipinski definition) is 8. The van der Waals surface area contributed by atoms with Gasteiger partial charge in [0.1, 0.15) is 18.1 Å². The van der Waals surface area contributed by atoms with Crippen molar-refractivity contribution in [2.45, 2.75) is 102 Å². The lowest BCUT2D eigenvalue weighted by Crippen LogP contribution is -2.50. The van der Waals surface area contributed by atoms with Gasteiger partial charge in [-0.15, -0.1) is 0 Å². The Hall–Kier alpha value is -1.79. The summed E-state index contributed by atoms with van der Waals surface area (Å²) in [5.74, 6) is 0.159. The first-order chi connectivity index (χ1) is 19.3. The SMILES string of the molecule is C=C1C[C@@H]2C[C@@H]3CCO[C@@H](O3)c3coc(n3)C=CC[C@H]3O[C@@H](C(C)=CI)[C@H](C)[C@@H](OC(=O)C=CC[C@@H](C1)O2)[C@H]3C. The zero-order valence-corrected chi connectivity index (χ0v) is 25.7. The van der Waals surface area contributed by atoms with Crippen molar-refractivity contribution in [2.24, 2.45) is 11.8 Å². The number of ether oxygens (including phenoxy) is 5. The van der Waals surface area contributed by atoms with Crippen LogP contribution < -0.4 is 0 Å². The molecule has 40 heavy (non-hydrogen) atoms. The Balaban J connectivity index is 1.40. The molecule has 0 aromatic carbocycles. The lowest BCUT2D eigenvalue weighted by atomic mass is 9.80. The van der Waals surface area contributed by atoms with E-state index in [1.165, 1.54) is 0 Å². The molecule has 1 aromatic heterocycles. The molecule has 8 nitrogen and oxygen atoms in total. The van der Waals surface area contributed by atoms with Crippen LogP contribution in [0.15, 0.2) is 50.7 Å². The first-order valence-electron chi connectivity index (χ1n) is 14.3. The minimum atomic E-state index is -0.569. The van der Waals surface area contributed by atoms with Gasteiger partial charge in [-0.3, -0.25) is 0 Å². The van der Waals surface area contributed by atoms with Gasteiger partial charge in [-0.2, -0.15) is 0 Å². The lowest BCUT2D eigenvalue weighted by molar-refractivity contribution is -0.227. The number of rotatable bonds is 1. The van der Waals surface area contributed by atoms with Crippen molar-refractivity contribution in [3.05, 3.63) is 57.9 Å². The van der Waals surface area contributed by atoms with Gasteiger partial charge in [0, 0.05) is 24.3 Å². The highest BCUT2D eigenvalue weighted by Gasteiger charge is 2.43. The maximum atomic E-state index is 13.0. The fourth-order valence-electron chi connectivity index (χ4n) is 6.23. The Kier molecular flexibility index (Phi) is 9.99. The van der Waals surface area contributed by atoms with Crippen LogP contribution >= 0.6 is 22.6 Å². The lowest BCUT2D eigenvalue weighted by Gasteiger charge is -2.44. The van der Waals surface area contributed by atoms with E-state index >= 15 is 0 Å². The number of halogens is 1. The van der Waals surface area contributed by atoms with Gasteiger partial charge in [0.2, 0.25) is 12.2 Å². The van der Waals surface area contributed by atoms with Gasteiger partial charge in [0.25, 0.3) is 0 Å². The smallest absolute Gasteiger partial charge is 0.330 e. The largest absolute Gasteiger partial charge is 0.458 e. The van der Waals surface area contributed by atoms with Crippen molar-refractivity contribution in [3.63, 3.8) is 0 Å². The Morgan fingerprint density at radius 3 is 2.67 bits per heavy atom. The minimum absolute atomic E-state index is 0.00350. The molecule has 3 saturated heterocycles. The average molecular weight is 666 g/mol. The number of carbonyl (C=O) groups excluding carboxylic acids is 1. The quantitative estimate of drug-likeness (QED) is 0.188. The summed E-state index contributed by atoms with van der Waals surface area (Å²) >= 11 is 2.24. The van der Waals surface area contributed by atoms with Gasteiger partial charge in [-0.1, -0.05) is 60.7 Å². The third-order valence-electron chi connectivity index (χ3n) is 8.33. The van der Waals surface area contributed by atoms with E-state index in [9.17, 15) is 4.79 Å². The summed E-state index contributed by atoms with van der Waals surface area (Å²) in [6.45, 7) is 11.1. The third kappa shape index (κ3) is 7.15. The molecule has 4 aliphatic rings. The predicted octanol–water partition coefficient (Wildman–Crippen LogP) is 6.63. The van der Waals surface area contributed by atoms with E-state index < -0.39 is 6.29 Å². The van der Waals surface area contributed by atoms with Crippen molar-refractivity contribution < 1.29 is 32.9 Å². The normalized spacial score (nSPS) is 37.9. The van der Waals surface area contributed by atoms with Crippen molar-refractivity contribution >= 4 is 34.6 Å². The van der Waals surface area contributed by atoms with Gasteiger partial charge < -0.3 is 28.1 Å². The highest BCUT2D eigenvalue weighted by Crippen LogP contribution is 2.38. The molecule has 0 spiro atoms. The minimum Gasteiger partial charge on any atom is -0.458 e. The molecular weight excluding hydrogens is 625 g/mol. The van der Waals surface area contributed by atoms with Crippen LogP contribution in [0.25, 0.3) is 6.08 Å². The van der Waals surface area contributed by atoms with E-state index in [0.29, 0.717) is 31.0 Å². The van der Waals surface area contributed by atoms with Crippen molar-refractivity contribution in [1.29, 1.82) is 0 Å². The molecule has 0 amide bonds. The Morgan fingerprint density at radius 1 is 1.05 bits per heavy atom. The topological polar surface area (TPSA) is 89.3 Å². The van der Waals surface area contributed by atoms with E-state index in [1.807, 2.05) is 22.3 Å². The van der Waals surface area contributed by atoms with Crippen LogP contribution in [0.3, 0.4) is 0 Å². The highest BCUT2D eigenvalue weighted by molar-refractivity contribution is 14.1. The summed E-state index contributed by atoms with van der Waals surface area (Å²) in [5, 5.41) is 0. The van der Waals surface area contributed by atoms with Gasteiger partial charge >= 0.3 is 5.97 Å². The summed E-state index contributed by atoms with van der Waals surface area (Å²) in [4.78, 5) is 17.6. The number of fused-ring (bicyclic) bond motifs is 9. The summed E-state index contributed by atoms with van der Waals surface area (Å²) in [6, 6.07) is 0. The molecule has 9 heteroatoms. The number of aromatic nitrogens is 1. The van der Waals surface area contributed by atoms with E-state index in [4.69, 9.17) is 28.1 Å². The average Bonchev–Trinajstić information content (AvgIpc) is 3.40. The molecule has 8 bridgehead atoms. The Bertz CT molecular complexity index is 1140. The van der Waals surface area contributed by atoms with Crippen LogP contribution in [0.4, 0.5) is 0 Å². The van der Waals surface area contributed by atoms with Crippen LogP contribution in [0.1, 0.15) is 77.2 Å². The molecular formula is C31H40INO7. The van der Waals surface area contributed by atoms with Gasteiger partial charge in [-0.05, 0) is 54.8 Å². The van der Waals surface area contributed by atoms with Crippen LogP contribution in [0.5, 0.6) is 0 Å². The Labute approximate surface area is 250 Å². The number of carbonyl (C=O) groups is 1. The Morgan fingerprint density at radius 2 is 1.85 bits per heavy atom. The summed E-state index contributed by atoms with van der Waals surface area (Å²) in [7, 11) is 0. The molecule has 1 aromatic rings. The van der Waals surface area contributed by atoms with Crippen molar-refractivity contribution in [1.82, 2.24) is 4.98 Å². The maximum Gasteiger partial charge on any atom is 0.330 e. The molecule has 0 radical (unpaired) electrons. The third-order valence-corrected chi connectivity index (χ3v) is 9.31. The second kappa shape index (κ2) is 13.5. The highest BCUT2D eigenvalue weighted by atomic mass is 127. The summed E-state index contributed by atoms with van der Waals surface area (Å²) < 4.78 is 38.9. The number of nitrogens with zero attached hydrogens (tertiary/aromatic N) is 1. The second-order valence-corrected chi connectivity index (χ2v) is 12.1. The standard InChI is InChI=1S/C31H40INO7/c1-18-13-22-7-5-10-28(34)40-30-20(3)26(39-29(21(30)4)19(2)16-32)8-6-9-27-33-25(17-36-27)31-35-12-11-23(38-31)15-24(14-18)37-22/h5-6,9-10,16-17,20-24,26,29-31H,1,7-8,11-15H2,2-4H3/t20-,21-,22-,23-,24+,26+,29-,30-,31-/m0/s1. The molecule has 0 aliphatic carbocycles. The number of esters is 1. The molecule has 0 saturated carbocycles. The molecule has 9 atom stereocenters. The van der Waals surface area contributed by atoms with E-state index in [2.05, 4.69) is 54.9 Å². The first-order valence-corrected chi connectivity index (χ1v) is 15.6. The van der Waals surface area contributed by atoms with Gasteiger partial charge in [0.15, 0.2) is 0 Å². The molecule has 4 aliphatic heterocycles. The zero-order valence-electron chi connectivity index (χ0n) is 23.5. The maximum absolute atomic E-state index is 13.0. The van der Waals surface area contributed by atoms with Crippen LogP contribution in [-0.2, 0) is 28.5 Å².